The predicted octanol–water partition coefficient (Wildman–Crippen LogP) is 3.10. The molecule has 0 bridgehead atoms. The first-order valence-electron chi connectivity index (χ1n) is 6.11. The summed E-state index contributed by atoms with van der Waals surface area (Å²) in [5.41, 5.74) is -0.181. The number of hydrogen-bond donors (Lipinski definition) is 3. The number of carbonyl (C=O) groups is 2. The van der Waals surface area contributed by atoms with Crippen LogP contribution in [0.15, 0.2) is 18.2 Å². The summed E-state index contributed by atoms with van der Waals surface area (Å²) < 4.78 is 13.5. The Morgan fingerprint density at radius 3 is 2.60 bits per heavy atom. The van der Waals surface area contributed by atoms with Gasteiger partial charge in [0.25, 0.3) is 0 Å². The van der Waals surface area contributed by atoms with Crippen LogP contribution in [0.4, 0.5) is 14.9 Å². The van der Waals surface area contributed by atoms with Crippen molar-refractivity contribution in [3.63, 3.8) is 0 Å². The Morgan fingerprint density at radius 1 is 1.45 bits per heavy atom. The first kappa shape index (κ1) is 16.2. The number of carboxylic acids is 1. The number of halogens is 2. The van der Waals surface area contributed by atoms with Crippen molar-refractivity contribution in [3.8, 4) is 0 Å². The van der Waals surface area contributed by atoms with Crippen LogP contribution >= 0.6 is 11.6 Å². The molecule has 0 aliphatic rings. The molecule has 1 rings (SSSR count). The molecule has 0 aromatic heterocycles. The van der Waals surface area contributed by atoms with Crippen molar-refractivity contribution in [3.05, 3.63) is 29.0 Å². The molecule has 0 spiro atoms. The summed E-state index contributed by atoms with van der Waals surface area (Å²) in [5.74, 6) is -2.09. The Hall–Kier alpha value is -1.82. The molecule has 0 heterocycles. The van der Waals surface area contributed by atoms with Gasteiger partial charge in [-0.3, -0.25) is 0 Å². The number of rotatable bonds is 5. The summed E-state index contributed by atoms with van der Waals surface area (Å²) in [5, 5.41) is 13.6. The highest BCUT2D eigenvalue weighted by Gasteiger charge is 2.25. The summed E-state index contributed by atoms with van der Waals surface area (Å²) >= 11 is 5.76. The van der Waals surface area contributed by atoms with Gasteiger partial charge in [0, 0.05) is 0 Å². The Bertz CT molecular complexity index is 490. The van der Waals surface area contributed by atoms with E-state index in [1.165, 1.54) is 12.1 Å². The Labute approximate surface area is 121 Å². The highest BCUT2D eigenvalue weighted by Crippen LogP contribution is 2.24. The molecule has 1 aromatic rings. The minimum Gasteiger partial charge on any atom is -0.480 e. The monoisotopic (exact) mass is 302 g/mol. The summed E-state index contributed by atoms with van der Waals surface area (Å²) in [6, 6.07) is 2.10. The third-order valence-electron chi connectivity index (χ3n) is 2.97. The molecule has 0 aliphatic heterocycles. The third kappa shape index (κ3) is 4.09. The number of aliphatic carboxylic acids is 1. The minimum atomic E-state index is -1.14. The summed E-state index contributed by atoms with van der Waals surface area (Å²) in [6.45, 7) is 3.52. The lowest BCUT2D eigenvalue weighted by atomic mass is 9.99. The lowest BCUT2D eigenvalue weighted by molar-refractivity contribution is -0.140. The minimum absolute atomic E-state index is 0.0376. The van der Waals surface area contributed by atoms with Crippen molar-refractivity contribution >= 4 is 29.3 Å². The number of carbonyl (C=O) groups excluding carboxylic acids is 1. The van der Waals surface area contributed by atoms with Crippen LogP contribution in [0, 0.1) is 11.7 Å². The van der Waals surface area contributed by atoms with E-state index in [-0.39, 0.29) is 16.6 Å². The van der Waals surface area contributed by atoms with Gasteiger partial charge in [0.1, 0.15) is 11.9 Å². The molecule has 0 saturated carbocycles. The first-order chi connectivity index (χ1) is 9.36. The molecular formula is C13H16ClFN2O3. The number of urea groups is 1. The van der Waals surface area contributed by atoms with E-state index < -0.39 is 23.9 Å². The Balaban J connectivity index is 2.79. The smallest absolute Gasteiger partial charge is 0.326 e. The van der Waals surface area contributed by atoms with Gasteiger partial charge >= 0.3 is 12.0 Å². The number of para-hydroxylation sites is 1. The predicted molar refractivity (Wildman–Crippen MR) is 74.4 cm³/mol. The number of benzene rings is 1. The van der Waals surface area contributed by atoms with Gasteiger partial charge in [0.05, 0.1) is 10.7 Å². The van der Waals surface area contributed by atoms with E-state index >= 15 is 0 Å². The molecule has 3 N–H and O–H groups in total. The fraction of sp³-hybridized carbons (Fsp3) is 0.385. The highest BCUT2D eigenvalue weighted by atomic mass is 35.5. The lowest BCUT2D eigenvalue weighted by Gasteiger charge is -2.20. The molecule has 0 fully saturated rings. The summed E-state index contributed by atoms with van der Waals surface area (Å²) in [4.78, 5) is 22.8. The van der Waals surface area contributed by atoms with Crippen LogP contribution in [0.3, 0.4) is 0 Å². The molecule has 5 nitrogen and oxygen atoms in total. The second-order valence-electron chi connectivity index (χ2n) is 4.40. The molecule has 20 heavy (non-hydrogen) atoms. The zero-order valence-electron chi connectivity index (χ0n) is 11.1. The van der Waals surface area contributed by atoms with Crippen molar-refractivity contribution in [1.29, 1.82) is 0 Å². The average Bonchev–Trinajstić information content (AvgIpc) is 2.39. The second kappa shape index (κ2) is 7.09. The van der Waals surface area contributed by atoms with Gasteiger partial charge in [-0.1, -0.05) is 37.9 Å². The van der Waals surface area contributed by atoms with Crippen LogP contribution < -0.4 is 10.6 Å². The van der Waals surface area contributed by atoms with E-state index in [1.807, 2.05) is 6.92 Å². The van der Waals surface area contributed by atoms with Crippen LogP contribution in [-0.2, 0) is 4.79 Å². The molecule has 7 heteroatoms. The third-order valence-corrected chi connectivity index (χ3v) is 3.28. The fourth-order valence-electron chi connectivity index (χ4n) is 1.59. The van der Waals surface area contributed by atoms with Crippen molar-refractivity contribution < 1.29 is 19.1 Å². The number of hydrogen-bond acceptors (Lipinski definition) is 2. The maximum Gasteiger partial charge on any atom is 0.326 e. The van der Waals surface area contributed by atoms with Crippen molar-refractivity contribution in [1.82, 2.24) is 5.32 Å². The van der Waals surface area contributed by atoms with Crippen LogP contribution in [-0.4, -0.2) is 23.1 Å². The maximum absolute atomic E-state index is 13.5. The topological polar surface area (TPSA) is 78.4 Å². The van der Waals surface area contributed by atoms with E-state index in [2.05, 4.69) is 10.6 Å². The number of carboxylic acid groups (broad SMARTS) is 1. The second-order valence-corrected chi connectivity index (χ2v) is 4.80. The van der Waals surface area contributed by atoms with E-state index in [0.29, 0.717) is 6.42 Å². The number of amides is 2. The lowest BCUT2D eigenvalue weighted by Crippen LogP contribution is -2.46. The van der Waals surface area contributed by atoms with Crippen LogP contribution in [0.1, 0.15) is 20.3 Å². The fourth-order valence-corrected chi connectivity index (χ4v) is 1.80. The molecule has 0 aliphatic carbocycles. The standard InChI is InChI=1S/C13H16ClFN2O3/c1-3-7(2)10(12(18)19)16-13(20)17-11-8(14)5-4-6-9(11)15/h4-7,10H,3H2,1-2H3,(H,18,19)(H2,16,17,20). The maximum atomic E-state index is 13.5. The van der Waals surface area contributed by atoms with Crippen molar-refractivity contribution in [2.75, 3.05) is 5.32 Å². The van der Waals surface area contributed by atoms with E-state index in [0.717, 1.165) is 6.07 Å². The molecule has 110 valence electrons. The van der Waals surface area contributed by atoms with Crippen LogP contribution in [0.2, 0.25) is 5.02 Å². The van der Waals surface area contributed by atoms with E-state index in [1.54, 1.807) is 6.92 Å². The van der Waals surface area contributed by atoms with Gasteiger partial charge in [0.15, 0.2) is 0 Å². The summed E-state index contributed by atoms with van der Waals surface area (Å²) in [6.07, 6.45) is 0.581. The summed E-state index contributed by atoms with van der Waals surface area (Å²) in [7, 11) is 0. The van der Waals surface area contributed by atoms with Crippen LogP contribution in [0.5, 0.6) is 0 Å². The van der Waals surface area contributed by atoms with Gasteiger partial charge in [-0.05, 0) is 18.1 Å². The van der Waals surface area contributed by atoms with Crippen molar-refractivity contribution in [2.24, 2.45) is 5.92 Å². The SMILES string of the molecule is CCC(C)C(NC(=O)Nc1c(F)cccc1Cl)C(=O)O. The molecule has 2 unspecified atom stereocenters. The Morgan fingerprint density at radius 2 is 2.10 bits per heavy atom. The quantitative estimate of drug-likeness (QED) is 0.782. The largest absolute Gasteiger partial charge is 0.480 e. The van der Waals surface area contributed by atoms with Crippen molar-refractivity contribution in [2.45, 2.75) is 26.3 Å². The van der Waals surface area contributed by atoms with Crippen LogP contribution in [0.25, 0.3) is 0 Å². The average molecular weight is 303 g/mol. The molecule has 1 aromatic carbocycles. The van der Waals surface area contributed by atoms with Gasteiger partial charge in [-0.2, -0.15) is 0 Å². The van der Waals surface area contributed by atoms with Gasteiger partial charge in [-0.25, -0.2) is 14.0 Å². The molecule has 2 atom stereocenters. The number of nitrogens with one attached hydrogen (secondary N) is 2. The molecule has 0 saturated heterocycles. The zero-order chi connectivity index (χ0) is 15.3. The van der Waals surface area contributed by atoms with Gasteiger partial charge in [0.2, 0.25) is 0 Å². The first-order valence-corrected chi connectivity index (χ1v) is 6.49. The Kier molecular flexibility index (Phi) is 5.76. The van der Waals surface area contributed by atoms with Gasteiger partial charge in [-0.15, -0.1) is 0 Å². The van der Waals surface area contributed by atoms with Gasteiger partial charge < -0.3 is 15.7 Å². The van der Waals surface area contributed by atoms with E-state index in [4.69, 9.17) is 16.7 Å². The molecule has 0 radical (unpaired) electrons. The number of anilines is 1. The zero-order valence-corrected chi connectivity index (χ0v) is 11.9. The normalized spacial score (nSPS) is 13.4. The van der Waals surface area contributed by atoms with E-state index in [9.17, 15) is 14.0 Å². The molecular weight excluding hydrogens is 287 g/mol. The molecule has 2 amide bonds. The highest BCUT2D eigenvalue weighted by molar-refractivity contribution is 6.33.